The lowest BCUT2D eigenvalue weighted by Crippen LogP contribution is -2.08. The fourth-order valence-electron chi connectivity index (χ4n) is 1.15. The van der Waals surface area contributed by atoms with Crippen molar-refractivity contribution in [2.75, 3.05) is 18.6 Å². The minimum Gasteiger partial charge on any atom is -0.463 e. The van der Waals surface area contributed by atoms with Crippen LogP contribution >= 0.6 is 0 Å². The molecule has 0 aliphatic rings. The van der Waals surface area contributed by atoms with Crippen molar-refractivity contribution in [2.45, 2.75) is 0 Å². The molecule has 2 aromatic heterocycles. The zero-order chi connectivity index (χ0) is 12.4. The van der Waals surface area contributed by atoms with Gasteiger partial charge in [0.1, 0.15) is 12.1 Å². The van der Waals surface area contributed by atoms with E-state index in [-0.39, 0.29) is 17.6 Å². The summed E-state index contributed by atoms with van der Waals surface area (Å²) in [6.07, 6.45) is 1.30. The predicted molar refractivity (Wildman–Crippen MR) is 57.1 cm³/mol. The lowest BCUT2D eigenvalue weighted by atomic mass is 10.5. The number of anilines is 2. The molecule has 0 atom stereocenters. The molecule has 2 rings (SSSR count). The van der Waals surface area contributed by atoms with E-state index in [2.05, 4.69) is 24.8 Å². The quantitative estimate of drug-likeness (QED) is 0.633. The first-order chi connectivity index (χ1) is 8.10. The topological polar surface area (TPSA) is 135 Å². The van der Waals surface area contributed by atoms with Gasteiger partial charge in [-0.05, 0) is 0 Å². The minimum absolute atomic E-state index is 0.00937. The molecule has 0 amide bonds. The van der Waals surface area contributed by atoms with Crippen LogP contribution in [0.25, 0.3) is 5.82 Å². The summed E-state index contributed by atoms with van der Waals surface area (Å²) in [6.45, 7) is 0. The van der Waals surface area contributed by atoms with Crippen LogP contribution in [0, 0.1) is 0 Å². The molecule has 0 saturated carbocycles. The van der Waals surface area contributed by atoms with Crippen LogP contribution in [0.1, 0.15) is 10.6 Å². The van der Waals surface area contributed by atoms with Crippen LogP contribution in [-0.2, 0) is 4.74 Å². The second-order valence-electron chi connectivity index (χ2n) is 3.01. The molecule has 9 nitrogen and oxygen atoms in total. The van der Waals surface area contributed by atoms with E-state index in [0.717, 1.165) is 0 Å². The summed E-state index contributed by atoms with van der Waals surface area (Å²) in [5.41, 5.74) is 10.9. The Kier molecular flexibility index (Phi) is 2.57. The van der Waals surface area contributed by atoms with Gasteiger partial charge in [0.2, 0.25) is 5.95 Å². The maximum atomic E-state index is 11.1. The van der Waals surface area contributed by atoms with Crippen molar-refractivity contribution in [3.8, 4) is 5.82 Å². The van der Waals surface area contributed by atoms with Gasteiger partial charge >= 0.3 is 5.97 Å². The number of ether oxygens (including phenoxy) is 1. The van der Waals surface area contributed by atoms with Crippen LogP contribution < -0.4 is 11.5 Å². The number of nitrogens with zero attached hydrogens (tertiary/aromatic N) is 5. The first-order valence-corrected chi connectivity index (χ1v) is 4.50. The van der Waals surface area contributed by atoms with Crippen LogP contribution in [-0.4, -0.2) is 37.8 Å². The van der Waals surface area contributed by atoms with E-state index >= 15 is 0 Å². The van der Waals surface area contributed by atoms with Gasteiger partial charge in [-0.3, -0.25) is 0 Å². The first-order valence-electron chi connectivity index (χ1n) is 4.50. The van der Waals surface area contributed by atoms with Crippen molar-refractivity contribution in [3.63, 3.8) is 0 Å². The molecule has 0 aromatic carbocycles. The third-order valence-corrected chi connectivity index (χ3v) is 1.84. The Hall–Kier alpha value is -2.71. The molecule has 17 heavy (non-hydrogen) atoms. The largest absolute Gasteiger partial charge is 0.463 e. The molecule has 0 spiro atoms. The van der Waals surface area contributed by atoms with Crippen molar-refractivity contribution < 1.29 is 9.53 Å². The number of carbonyl (C=O) groups is 1. The highest BCUT2D eigenvalue weighted by Gasteiger charge is 2.13. The number of nitrogens with two attached hydrogens (primary N) is 2. The van der Waals surface area contributed by atoms with E-state index in [1.807, 2.05) is 0 Å². The van der Waals surface area contributed by atoms with Crippen molar-refractivity contribution in [1.82, 2.24) is 24.7 Å². The first kappa shape index (κ1) is 10.8. The van der Waals surface area contributed by atoms with E-state index in [1.54, 1.807) is 0 Å². The Labute approximate surface area is 95.4 Å². The monoisotopic (exact) mass is 235 g/mol. The van der Waals surface area contributed by atoms with Gasteiger partial charge in [0.05, 0.1) is 7.11 Å². The van der Waals surface area contributed by atoms with E-state index < -0.39 is 5.97 Å². The number of methoxy groups -OCH3 is 1. The molecule has 0 bridgehead atoms. The number of carbonyl (C=O) groups excluding carboxylic acids is 1. The normalized spacial score (nSPS) is 10.2. The van der Waals surface area contributed by atoms with Gasteiger partial charge in [0.25, 0.3) is 5.82 Å². The number of rotatable bonds is 2. The van der Waals surface area contributed by atoms with Crippen LogP contribution in [0.3, 0.4) is 0 Å². The minimum atomic E-state index is -0.640. The van der Waals surface area contributed by atoms with Crippen LogP contribution in [0.4, 0.5) is 11.8 Å². The molecular formula is C8H9N7O2. The molecule has 9 heteroatoms. The fourth-order valence-corrected chi connectivity index (χ4v) is 1.15. The average Bonchev–Trinajstić information content (AvgIpc) is 2.76. The maximum Gasteiger partial charge on any atom is 0.377 e. The fraction of sp³-hybridized carbons (Fsp3) is 0.125. The van der Waals surface area contributed by atoms with Crippen molar-refractivity contribution in [2.24, 2.45) is 0 Å². The van der Waals surface area contributed by atoms with Gasteiger partial charge in [0, 0.05) is 6.07 Å². The molecule has 0 radical (unpaired) electrons. The molecular weight excluding hydrogens is 226 g/mol. The van der Waals surface area contributed by atoms with Crippen LogP contribution in [0.2, 0.25) is 0 Å². The standard InChI is InChI=1S/C8H9N7O2/c1-17-7(16)6-11-3-15(14-6)5-2-4(9)12-8(10)13-5/h2-3H,1H3,(H4,9,10,12,13). The molecule has 0 unspecified atom stereocenters. The molecule has 2 aromatic rings. The highest BCUT2D eigenvalue weighted by Crippen LogP contribution is 2.08. The molecule has 0 fully saturated rings. The Morgan fingerprint density at radius 3 is 2.82 bits per heavy atom. The highest BCUT2D eigenvalue weighted by molar-refractivity contribution is 5.84. The van der Waals surface area contributed by atoms with E-state index in [0.29, 0.717) is 5.82 Å². The smallest absolute Gasteiger partial charge is 0.377 e. The van der Waals surface area contributed by atoms with Gasteiger partial charge < -0.3 is 16.2 Å². The van der Waals surface area contributed by atoms with E-state index in [9.17, 15) is 4.79 Å². The third-order valence-electron chi connectivity index (χ3n) is 1.84. The highest BCUT2D eigenvalue weighted by atomic mass is 16.5. The number of esters is 1. The van der Waals surface area contributed by atoms with Crippen molar-refractivity contribution in [1.29, 1.82) is 0 Å². The third kappa shape index (κ3) is 2.12. The summed E-state index contributed by atoms with van der Waals surface area (Å²) in [5, 5.41) is 3.86. The summed E-state index contributed by atoms with van der Waals surface area (Å²) < 4.78 is 5.72. The number of hydrogen-bond donors (Lipinski definition) is 2. The predicted octanol–water partition coefficient (Wildman–Crippen LogP) is -0.992. The summed E-state index contributed by atoms with van der Waals surface area (Å²) >= 11 is 0. The summed E-state index contributed by atoms with van der Waals surface area (Å²) in [6, 6.07) is 1.45. The van der Waals surface area contributed by atoms with Crippen molar-refractivity contribution >= 4 is 17.7 Å². The Balaban J connectivity index is 2.40. The zero-order valence-electron chi connectivity index (χ0n) is 8.86. The van der Waals surface area contributed by atoms with Gasteiger partial charge in [-0.1, -0.05) is 0 Å². The molecule has 88 valence electrons. The number of aromatic nitrogens is 5. The van der Waals surface area contributed by atoms with Crippen molar-refractivity contribution in [3.05, 3.63) is 18.2 Å². The SMILES string of the molecule is COC(=O)c1ncn(-c2cc(N)nc(N)n2)n1. The second-order valence-corrected chi connectivity index (χ2v) is 3.01. The Bertz CT molecular complexity index is 545. The van der Waals surface area contributed by atoms with E-state index in [4.69, 9.17) is 11.5 Å². The molecule has 0 aliphatic carbocycles. The summed E-state index contributed by atoms with van der Waals surface area (Å²) in [5.74, 6) is -0.197. The summed E-state index contributed by atoms with van der Waals surface area (Å²) in [4.78, 5) is 22.5. The van der Waals surface area contributed by atoms with Gasteiger partial charge in [-0.15, -0.1) is 5.10 Å². The van der Waals surface area contributed by atoms with Crippen LogP contribution in [0.15, 0.2) is 12.4 Å². The van der Waals surface area contributed by atoms with Gasteiger partial charge in [-0.2, -0.15) is 9.97 Å². The number of hydrogen-bond acceptors (Lipinski definition) is 8. The maximum absolute atomic E-state index is 11.1. The molecule has 0 saturated heterocycles. The van der Waals surface area contributed by atoms with Gasteiger partial charge in [-0.25, -0.2) is 14.5 Å². The summed E-state index contributed by atoms with van der Waals surface area (Å²) in [7, 11) is 1.24. The lowest BCUT2D eigenvalue weighted by Gasteiger charge is -2.01. The lowest BCUT2D eigenvalue weighted by molar-refractivity contribution is 0.0587. The Morgan fingerprint density at radius 2 is 2.18 bits per heavy atom. The molecule has 4 N–H and O–H groups in total. The van der Waals surface area contributed by atoms with Crippen LogP contribution in [0.5, 0.6) is 0 Å². The molecule has 0 aliphatic heterocycles. The van der Waals surface area contributed by atoms with Gasteiger partial charge in [0.15, 0.2) is 5.82 Å². The molecule has 2 heterocycles. The second kappa shape index (κ2) is 4.04. The Morgan fingerprint density at radius 1 is 1.41 bits per heavy atom. The van der Waals surface area contributed by atoms with E-state index in [1.165, 1.54) is 24.2 Å². The average molecular weight is 235 g/mol. The number of nitrogen functional groups attached to an aromatic ring is 2. The zero-order valence-corrected chi connectivity index (χ0v) is 8.86.